The predicted octanol–water partition coefficient (Wildman–Crippen LogP) is 2.26. The fourth-order valence-corrected chi connectivity index (χ4v) is 6.15. The van der Waals surface area contributed by atoms with E-state index in [2.05, 4.69) is 21.3 Å². The zero-order valence-corrected chi connectivity index (χ0v) is 26.4. The Balaban J connectivity index is 1.35. The molecule has 1 aromatic rings. The number of amides is 7. The van der Waals surface area contributed by atoms with Crippen LogP contribution >= 0.6 is 0 Å². The summed E-state index contributed by atoms with van der Waals surface area (Å²) in [6, 6.07) is 4.93. The van der Waals surface area contributed by atoms with Crippen LogP contribution in [0.2, 0.25) is 0 Å². The number of anilines is 2. The molecular weight excluding hydrogens is 564 g/mol. The predicted molar refractivity (Wildman–Crippen MR) is 168 cm³/mol. The first kappa shape index (κ1) is 33.0. The molecule has 3 fully saturated rings. The van der Waals surface area contributed by atoms with Gasteiger partial charge in [0.05, 0.1) is 12.6 Å². The second kappa shape index (κ2) is 15.2. The zero-order valence-electron chi connectivity index (χ0n) is 26.4. The number of likely N-dealkylation sites (tertiary alicyclic amines) is 1. The Kier molecular flexibility index (Phi) is 11.4. The van der Waals surface area contributed by atoms with Crippen LogP contribution in [0.4, 0.5) is 21.0 Å². The largest absolute Gasteiger partial charge is 0.343 e. The molecule has 4 atom stereocenters. The molecule has 13 heteroatoms. The summed E-state index contributed by atoms with van der Waals surface area (Å²) in [4.78, 5) is 71.8. The van der Waals surface area contributed by atoms with E-state index >= 15 is 0 Å². The van der Waals surface area contributed by atoms with E-state index in [1.54, 1.807) is 48.0 Å². The topological polar surface area (TPSA) is 146 Å². The summed E-state index contributed by atoms with van der Waals surface area (Å²) >= 11 is 0. The minimum absolute atomic E-state index is 0.0261. The lowest BCUT2D eigenvalue weighted by atomic mass is 10.1. The van der Waals surface area contributed by atoms with Crippen LogP contribution in [0.15, 0.2) is 24.3 Å². The van der Waals surface area contributed by atoms with Gasteiger partial charge in [0.1, 0.15) is 6.04 Å². The average molecular weight is 613 g/mol. The molecule has 7 amide bonds. The zero-order chi connectivity index (χ0) is 31.8. The summed E-state index contributed by atoms with van der Waals surface area (Å²) in [5.41, 5.74) is 1.09. The maximum atomic E-state index is 13.6. The second-order valence-corrected chi connectivity index (χ2v) is 12.0. The summed E-state index contributed by atoms with van der Waals surface area (Å²) in [6.45, 7) is 8.53. The molecule has 0 aliphatic carbocycles. The van der Waals surface area contributed by atoms with Crippen LogP contribution in [-0.2, 0) is 14.4 Å². The van der Waals surface area contributed by atoms with Crippen molar-refractivity contribution in [3.05, 3.63) is 24.3 Å². The fourth-order valence-electron chi connectivity index (χ4n) is 6.15. The van der Waals surface area contributed by atoms with Crippen molar-refractivity contribution in [2.75, 3.05) is 56.9 Å². The molecule has 3 heterocycles. The minimum Gasteiger partial charge on any atom is -0.343 e. The monoisotopic (exact) mass is 612 g/mol. The van der Waals surface area contributed by atoms with Crippen molar-refractivity contribution in [2.45, 2.75) is 83.5 Å². The third-order valence-electron chi connectivity index (χ3n) is 9.01. The fraction of sp³-hybridized carbons (Fsp3) is 0.645. The van der Waals surface area contributed by atoms with Crippen molar-refractivity contribution in [3.63, 3.8) is 0 Å². The molecule has 0 bridgehead atoms. The first-order valence-corrected chi connectivity index (χ1v) is 15.9. The summed E-state index contributed by atoms with van der Waals surface area (Å²) in [5.74, 6) is -0.377. The minimum atomic E-state index is -0.850. The van der Waals surface area contributed by atoms with Crippen molar-refractivity contribution in [1.29, 1.82) is 0 Å². The molecule has 3 aliphatic rings. The number of rotatable bonds is 9. The molecule has 4 unspecified atom stereocenters. The van der Waals surface area contributed by atoms with Crippen molar-refractivity contribution < 1.29 is 24.0 Å². The summed E-state index contributed by atoms with van der Waals surface area (Å²) < 4.78 is 0. The van der Waals surface area contributed by atoms with Crippen molar-refractivity contribution in [1.82, 2.24) is 30.2 Å². The molecule has 44 heavy (non-hydrogen) atoms. The Bertz CT molecular complexity index is 1190. The number of likely N-dealkylation sites (N-methyl/N-ethyl adjacent to an activating group) is 1. The quantitative estimate of drug-likeness (QED) is 0.337. The van der Waals surface area contributed by atoms with Gasteiger partial charge in [-0.1, -0.05) is 0 Å². The molecule has 0 radical (unpaired) electrons. The van der Waals surface area contributed by atoms with Gasteiger partial charge < -0.3 is 40.9 Å². The molecule has 13 nitrogen and oxygen atoms in total. The molecular formula is C31H48N8O5. The Labute approximate surface area is 260 Å². The number of fused-ring (bicyclic) bond motifs is 1. The van der Waals surface area contributed by atoms with Gasteiger partial charge in [-0.3, -0.25) is 14.4 Å². The molecule has 3 aliphatic heterocycles. The normalized spacial score (nSPS) is 22.5. The van der Waals surface area contributed by atoms with E-state index < -0.39 is 12.1 Å². The number of benzene rings is 1. The first-order valence-electron chi connectivity index (χ1n) is 15.9. The average Bonchev–Trinajstić information content (AvgIpc) is 3.68. The van der Waals surface area contributed by atoms with Crippen molar-refractivity contribution in [2.24, 2.45) is 0 Å². The highest BCUT2D eigenvalue weighted by Gasteiger charge is 2.41. The number of nitrogens with zero attached hydrogens (tertiary/aromatic N) is 4. The number of hydrogen-bond acceptors (Lipinski definition) is 6. The smallest absolute Gasteiger partial charge is 0.321 e. The number of nitrogens with one attached hydrogen (secondary N) is 4. The molecule has 0 aromatic heterocycles. The van der Waals surface area contributed by atoms with Crippen LogP contribution in [0.1, 0.15) is 59.3 Å². The van der Waals surface area contributed by atoms with Crippen LogP contribution in [0.3, 0.4) is 0 Å². The summed E-state index contributed by atoms with van der Waals surface area (Å²) in [7, 11) is 1.68. The standard InChI is InChI=1S/C31H48N8O5/c1-5-36(19-15-27(40)37-16-6-7-17-37)30(43)33-23-9-11-24(12-10-23)34-31(44)38-18-14-25-13-8-21(2)39(25)29(42)26(20-38)35-28(41)22(3)32-4/h9-12,21-22,25-26,32H,5-8,13-20H2,1-4H3,(H,33,43)(H,34,44)(H,35,41). The third kappa shape index (κ3) is 8.19. The Morgan fingerprint density at radius 2 is 1.61 bits per heavy atom. The van der Waals surface area contributed by atoms with E-state index in [1.165, 1.54) is 0 Å². The summed E-state index contributed by atoms with van der Waals surface area (Å²) in [5, 5.41) is 11.5. The van der Waals surface area contributed by atoms with E-state index in [0.29, 0.717) is 43.9 Å². The number of hydrogen-bond donors (Lipinski definition) is 4. The number of carbonyl (C=O) groups excluding carboxylic acids is 5. The van der Waals surface area contributed by atoms with E-state index in [1.807, 2.05) is 23.6 Å². The maximum absolute atomic E-state index is 13.6. The number of carbonyl (C=O) groups is 5. The lowest BCUT2D eigenvalue weighted by Crippen LogP contribution is -2.61. The van der Waals surface area contributed by atoms with E-state index in [0.717, 1.165) is 38.8 Å². The van der Waals surface area contributed by atoms with E-state index in [-0.39, 0.29) is 48.4 Å². The highest BCUT2D eigenvalue weighted by Crippen LogP contribution is 2.29. The van der Waals surface area contributed by atoms with Crippen molar-refractivity contribution in [3.8, 4) is 0 Å². The van der Waals surface area contributed by atoms with Gasteiger partial charge in [0.2, 0.25) is 17.7 Å². The van der Waals surface area contributed by atoms with Gasteiger partial charge in [0, 0.05) is 62.6 Å². The molecule has 242 valence electrons. The van der Waals surface area contributed by atoms with Crippen LogP contribution < -0.4 is 21.3 Å². The third-order valence-corrected chi connectivity index (χ3v) is 9.01. The lowest BCUT2D eigenvalue weighted by Gasteiger charge is -2.38. The first-order chi connectivity index (χ1) is 21.1. The lowest BCUT2D eigenvalue weighted by molar-refractivity contribution is -0.140. The SMILES string of the molecule is CCN(CCC(=O)N1CCCC1)C(=O)Nc1ccc(NC(=O)N2CCC3CCC(C)N3C(=O)C(NC(=O)C(C)NC)C2)cc1. The molecule has 4 rings (SSSR count). The Morgan fingerprint density at radius 1 is 0.955 bits per heavy atom. The maximum Gasteiger partial charge on any atom is 0.321 e. The van der Waals surface area contributed by atoms with Gasteiger partial charge in [-0.05, 0) is 84.2 Å². The van der Waals surface area contributed by atoms with Gasteiger partial charge >= 0.3 is 12.1 Å². The highest BCUT2D eigenvalue weighted by molar-refractivity contribution is 5.94. The van der Waals surface area contributed by atoms with Crippen LogP contribution in [0.5, 0.6) is 0 Å². The van der Waals surface area contributed by atoms with Gasteiger partial charge in [0.25, 0.3) is 0 Å². The van der Waals surface area contributed by atoms with Gasteiger partial charge in [0.15, 0.2) is 0 Å². The summed E-state index contributed by atoms with van der Waals surface area (Å²) in [6.07, 6.45) is 4.79. The second-order valence-electron chi connectivity index (χ2n) is 12.0. The highest BCUT2D eigenvalue weighted by atomic mass is 16.2. The van der Waals surface area contributed by atoms with Crippen LogP contribution in [0.25, 0.3) is 0 Å². The molecule has 1 aromatic carbocycles. The van der Waals surface area contributed by atoms with E-state index in [4.69, 9.17) is 0 Å². The van der Waals surface area contributed by atoms with Gasteiger partial charge in [-0.25, -0.2) is 9.59 Å². The molecule has 0 saturated carbocycles. The van der Waals surface area contributed by atoms with Crippen molar-refractivity contribution >= 4 is 41.2 Å². The Morgan fingerprint density at radius 3 is 2.25 bits per heavy atom. The Hall–Kier alpha value is -3.87. The number of urea groups is 2. The van der Waals surface area contributed by atoms with Gasteiger partial charge in [-0.15, -0.1) is 0 Å². The van der Waals surface area contributed by atoms with Crippen LogP contribution in [-0.4, -0.2) is 120 Å². The molecule has 0 spiro atoms. The molecule has 4 N–H and O–H groups in total. The molecule has 3 saturated heterocycles. The van der Waals surface area contributed by atoms with E-state index in [9.17, 15) is 24.0 Å². The van der Waals surface area contributed by atoms with Crippen LogP contribution in [0, 0.1) is 0 Å². The van der Waals surface area contributed by atoms with Gasteiger partial charge in [-0.2, -0.15) is 0 Å².